The summed E-state index contributed by atoms with van der Waals surface area (Å²) in [6.45, 7) is 0. The normalized spacial score (nSPS) is 9.85. The summed E-state index contributed by atoms with van der Waals surface area (Å²) in [5.41, 5.74) is 4.93. The highest BCUT2D eigenvalue weighted by molar-refractivity contribution is 6.60. The minimum atomic E-state index is -1.43. The van der Waals surface area contributed by atoms with Crippen molar-refractivity contribution >= 4 is 12.6 Å². The molecule has 3 heteroatoms. The smallest absolute Gasteiger partial charge is 0.423 e. The van der Waals surface area contributed by atoms with E-state index >= 15 is 0 Å². The van der Waals surface area contributed by atoms with Crippen molar-refractivity contribution in [1.82, 2.24) is 0 Å². The number of hydrogen-bond acceptors (Lipinski definition) is 2. The fourth-order valence-electron chi connectivity index (χ4n) is 2.86. The Morgan fingerprint density at radius 3 is 1.22 bits per heavy atom. The minimum Gasteiger partial charge on any atom is -0.423 e. The van der Waals surface area contributed by atoms with E-state index in [1.807, 2.05) is 54.6 Å². The van der Waals surface area contributed by atoms with E-state index in [1.165, 1.54) is 11.1 Å². The molecule has 0 saturated carbocycles. The third-order valence-electron chi connectivity index (χ3n) is 4.20. The van der Waals surface area contributed by atoms with Gasteiger partial charge in [0, 0.05) is 0 Å². The zero-order chi connectivity index (χ0) is 18.9. The van der Waals surface area contributed by atoms with Gasteiger partial charge < -0.3 is 10.0 Å². The SMILES string of the molecule is OB(O)c1ccccc1-c1ccccc1.c1ccc(-c2ccccc2)cc1. The lowest BCUT2D eigenvalue weighted by molar-refractivity contribution is 0.426. The van der Waals surface area contributed by atoms with Crippen molar-refractivity contribution < 1.29 is 10.0 Å². The standard InChI is InChI=1S/C12H11BO2.C12H10/c14-13(15)12-9-5-4-8-11(12)10-6-2-1-3-7-10;1-3-7-11(8-4-1)12-9-5-2-6-10-12/h1-9,14-15H;1-10H. The second kappa shape index (κ2) is 9.53. The number of benzene rings is 4. The molecule has 0 aliphatic rings. The Labute approximate surface area is 160 Å². The van der Waals surface area contributed by atoms with Crippen molar-refractivity contribution in [2.24, 2.45) is 0 Å². The van der Waals surface area contributed by atoms with Gasteiger partial charge in [0.2, 0.25) is 0 Å². The van der Waals surface area contributed by atoms with Gasteiger partial charge in [-0.2, -0.15) is 0 Å². The Morgan fingerprint density at radius 1 is 0.407 bits per heavy atom. The highest BCUT2D eigenvalue weighted by Crippen LogP contribution is 2.17. The molecule has 0 unspecified atom stereocenters. The molecule has 0 aliphatic heterocycles. The molecule has 0 bridgehead atoms. The Bertz CT molecular complexity index is 902. The van der Waals surface area contributed by atoms with Crippen LogP contribution in [0.3, 0.4) is 0 Å². The Hall–Kier alpha value is -3.14. The quantitative estimate of drug-likeness (QED) is 0.537. The van der Waals surface area contributed by atoms with Crippen LogP contribution in [0.1, 0.15) is 0 Å². The molecular weight excluding hydrogens is 331 g/mol. The number of rotatable bonds is 3. The molecule has 0 atom stereocenters. The molecule has 2 N–H and O–H groups in total. The van der Waals surface area contributed by atoms with E-state index in [4.69, 9.17) is 0 Å². The molecule has 0 amide bonds. The van der Waals surface area contributed by atoms with Crippen LogP contribution in [0.25, 0.3) is 22.3 Å². The van der Waals surface area contributed by atoms with Crippen LogP contribution in [-0.4, -0.2) is 17.2 Å². The van der Waals surface area contributed by atoms with Gasteiger partial charge in [-0.1, -0.05) is 115 Å². The van der Waals surface area contributed by atoms with Crippen molar-refractivity contribution in [3.63, 3.8) is 0 Å². The van der Waals surface area contributed by atoms with Crippen LogP contribution >= 0.6 is 0 Å². The van der Waals surface area contributed by atoms with E-state index in [9.17, 15) is 10.0 Å². The zero-order valence-electron chi connectivity index (χ0n) is 14.9. The predicted octanol–water partition coefficient (Wildman–Crippen LogP) is 4.39. The molecule has 132 valence electrons. The fraction of sp³-hybridized carbons (Fsp3) is 0. The van der Waals surface area contributed by atoms with Crippen LogP contribution in [0.15, 0.2) is 115 Å². The summed E-state index contributed by atoms with van der Waals surface area (Å²) < 4.78 is 0. The van der Waals surface area contributed by atoms with E-state index in [0.29, 0.717) is 5.46 Å². The van der Waals surface area contributed by atoms with E-state index < -0.39 is 7.12 Å². The second-order valence-electron chi connectivity index (χ2n) is 6.06. The molecular formula is C24H21BO2. The second-order valence-corrected chi connectivity index (χ2v) is 6.06. The monoisotopic (exact) mass is 352 g/mol. The van der Waals surface area contributed by atoms with E-state index in [1.54, 1.807) is 12.1 Å². The number of hydrogen-bond donors (Lipinski definition) is 2. The van der Waals surface area contributed by atoms with Crippen molar-refractivity contribution in [2.45, 2.75) is 0 Å². The molecule has 2 nitrogen and oxygen atoms in total. The lowest BCUT2D eigenvalue weighted by Crippen LogP contribution is -2.31. The van der Waals surface area contributed by atoms with Crippen LogP contribution in [0.2, 0.25) is 0 Å². The highest BCUT2D eigenvalue weighted by atomic mass is 16.4. The first kappa shape index (κ1) is 18.6. The summed E-state index contributed by atoms with van der Waals surface area (Å²) >= 11 is 0. The van der Waals surface area contributed by atoms with Crippen molar-refractivity contribution in [3.8, 4) is 22.3 Å². The van der Waals surface area contributed by atoms with E-state index in [0.717, 1.165) is 11.1 Å². The molecule has 4 aromatic carbocycles. The summed E-state index contributed by atoms with van der Waals surface area (Å²) in [6, 6.07) is 37.7. The highest BCUT2D eigenvalue weighted by Gasteiger charge is 2.15. The van der Waals surface area contributed by atoms with Gasteiger partial charge in [-0.05, 0) is 27.7 Å². The lowest BCUT2D eigenvalue weighted by Gasteiger charge is -2.08. The average molecular weight is 352 g/mol. The Morgan fingerprint density at radius 2 is 0.778 bits per heavy atom. The van der Waals surface area contributed by atoms with Gasteiger partial charge >= 0.3 is 7.12 Å². The van der Waals surface area contributed by atoms with Crippen LogP contribution < -0.4 is 5.46 Å². The Kier molecular flexibility index (Phi) is 6.58. The van der Waals surface area contributed by atoms with E-state index in [-0.39, 0.29) is 0 Å². The predicted molar refractivity (Wildman–Crippen MR) is 114 cm³/mol. The third kappa shape index (κ3) is 5.17. The van der Waals surface area contributed by atoms with Crippen LogP contribution in [-0.2, 0) is 0 Å². The van der Waals surface area contributed by atoms with Gasteiger partial charge in [0.25, 0.3) is 0 Å². The maximum absolute atomic E-state index is 9.22. The molecule has 4 rings (SSSR count). The van der Waals surface area contributed by atoms with Crippen LogP contribution in [0, 0.1) is 0 Å². The first-order valence-corrected chi connectivity index (χ1v) is 8.86. The van der Waals surface area contributed by atoms with Crippen LogP contribution in [0.4, 0.5) is 0 Å². The maximum Gasteiger partial charge on any atom is 0.489 e. The third-order valence-corrected chi connectivity index (χ3v) is 4.20. The van der Waals surface area contributed by atoms with Gasteiger partial charge in [-0.25, -0.2) is 0 Å². The minimum absolute atomic E-state index is 0.531. The molecule has 0 heterocycles. The molecule has 0 fully saturated rings. The van der Waals surface area contributed by atoms with Crippen molar-refractivity contribution in [2.75, 3.05) is 0 Å². The first-order valence-electron chi connectivity index (χ1n) is 8.86. The van der Waals surface area contributed by atoms with E-state index in [2.05, 4.69) is 48.5 Å². The summed E-state index contributed by atoms with van der Waals surface area (Å²) in [4.78, 5) is 0. The zero-order valence-corrected chi connectivity index (χ0v) is 14.9. The molecule has 0 aliphatic carbocycles. The van der Waals surface area contributed by atoms with Crippen molar-refractivity contribution in [3.05, 3.63) is 115 Å². The van der Waals surface area contributed by atoms with Crippen LogP contribution in [0.5, 0.6) is 0 Å². The molecule has 4 aromatic rings. The molecule has 27 heavy (non-hydrogen) atoms. The van der Waals surface area contributed by atoms with Crippen molar-refractivity contribution in [1.29, 1.82) is 0 Å². The first-order chi connectivity index (χ1) is 13.3. The summed E-state index contributed by atoms with van der Waals surface area (Å²) in [6.07, 6.45) is 0. The maximum atomic E-state index is 9.22. The Balaban J connectivity index is 0.000000159. The summed E-state index contributed by atoms with van der Waals surface area (Å²) in [7, 11) is -1.43. The van der Waals surface area contributed by atoms with Gasteiger partial charge in [0.1, 0.15) is 0 Å². The molecule has 0 spiro atoms. The molecule has 0 radical (unpaired) electrons. The van der Waals surface area contributed by atoms with Gasteiger partial charge in [0.05, 0.1) is 0 Å². The van der Waals surface area contributed by atoms with Gasteiger partial charge in [-0.15, -0.1) is 0 Å². The van der Waals surface area contributed by atoms with Gasteiger partial charge in [-0.3, -0.25) is 0 Å². The average Bonchev–Trinajstić information content (AvgIpc) is 2.76. The van der Waals surface area contributed by atoms with Gasteiger partial charge in [0.15, 0.2) is 0 Å². The summed E-state index contributed by atoms with van der Waals surface area (Å²) in [5, 5.41) is 18.4. The topological polar surface area (TPSA) is 40.5 Å². The fourth-order valence-corrected chi connectivity index (χ4v) is 2.86. The summed E-state index contributed by atoms with van der Waals surface area (Å²) in [5.74, 6) is 0. The largest absolute Gasteiger partial charge is 0.489 e. The lowest BCUT2D eigenvalue weighted by atomic mass is 9.75. The molecule has 0 aromatic heterocycles. The molecule has 0 saturated heterocycles.